The van der Waals surface area contributed by atoms with Crippen LogP contribution in [-0.2, 0) is 4.79 Å². The van der Waals surface area contributed by atoms with Gasteiger partial charge in [-0.15, -0.1) is 12.4 Å². The molecule has 2 aliphatic heterocycles. The zero-order valence-corrected chi connectivity index (χ0v) is 11.9. The molecule has 3 nitrogen and oxygen atoms in total. The fourth-order valence-electron chi connectivity index (χ4n) is 2.72. The first-order valence-electron chi connectivity index (χ1n) is 6.62. The van der Waals surface area contributed by atoms with Crippen LogP contribution in [0, 0.1) is 11.8 Å². The highest BCUT2D eigenvalue weighted by Crippen LogP contribution is 2.22. The summed E-state index contributed by atoms with van der Waals surface area (Å²) in [5.74, 6) is 0.960. The summed E-state index contributed by atoms with van der Waals surface area (Å²) >= 11 is 0. The maximum atomic E-state index is 12.3. The van der Waals surface area contributed by atoms with Crippen molar-refractivity contribution in [1.82, 2.24) is 10.2 Å². The highest BCUT2D eigenvalue weighted by atomic mass is 35.5. The summed E-state index contributed by atoms with van der Waals surface area (Å²) < 4.78 is 0. The number of rotatable bonds is 2. The van der Waals surface area contributed by atoms with Gasteiger partial charge >= 0.3 is 0 Å². The van der Waals surface area contributed by atoms with Crippen molar-refractivity contribution in [2.75, 3.05) is 13.1 Å². The van der Waals surface area contributed by atoms with Crippen molar-refractivity contribution >= 4 is 18.3 Å². The van der Waals surface area contributed by atoms with Crippen LogP contribution in [0.4, 0.5) is 0 Å². The summed E-state index contributed by atoms with van der Waals surface area (Å²) in [6, 6.07) is 1.22. The Kier molecular flexibility index (Phi) is 5.26. The minimum atomic E-state index is 0. The number of halogens is 1. The normalized spacial score (nSPS) is 29.8. The molecule has 2 aliphatic rings. The molecular weight excluding hydrogens is 236 g/mol. The van der Waals surface area contributed by atoms with Gasteiger partial charge in [-0.1, -0.05) is 20.8 Å². The lowest BCUT2D eigenvalue weighted by Crippen LogP contribution is -2.42. The van der Waals surface area contributed by atoms with Gasteiger partial charge in [-0.05, 0) is 25.2 Å². The van der Waals surface area contributed by atoms with Crippen LogP contribution in [-0.4, -0.2) is 36.0 Å². The molecule has 0 aromatic carbocycles. The van der Waals surface area contributed by atoms with Gasteiger partial charge in [-0.3, -0.25) is 4.79 Å². The first-order chi connectivity index (χ1) is 7.58. The molecule has 100 valence electrons. The predicted octanol–water partition coefficient (Wildman–Crippen LogP) is 2.05. The predicted molar refractivity (Wildman–Crippen MR) is 72.4 cm³/mol. The van der Waals surface area contributed by atoms with E-state index >= 15 is 0 Å². The van der Waals surface area contributed by atoms with Crippen molar-refractivity contribution in [3.8, 4) is 0 Å². The number of carbonyl (C=O) groups is 1. The van der Waals surface area contributed by atoms with E-state index in [0.29, 0.717) is 23.9 Å². The molecule has 0 spiro atoms. The van der Waals surface area contributed by atoms with Gasteiger partial charge in [0.1, 0.15) is 0 Å². The van der Waals surface area contributed by atoms with Crippen molar-refractivity contribution in [3.05, 3.63) is 0 Å². The standard InChI is InChI=1S/C13H24N2O.ClH/c1-9(2)10(3)13(16)15-7-6-11-4-5-12(8-15)14-11;/h9-12,14H,4-8H2,1-3H3;1H. The topological polar surface area (TPSA) is 32.3 Å². The molecule has 1 amide bonds. The van der Waals surface area contributed by atoms with Crippen molar-refractivity contribution in [2.24, 2.45) is 11.8 Å². The van der Waals surface area contributed by atoms with Crippen LogP contribution in [0.3, 0.4) is 0 Å². The highest BCUT2D eigenvalue weighted by molar-refractivity contribution is 5.85. The second-order valence-electron chi connectivity index (χ2n) is 5.74. The third-order valence-electron chi connectivity index (χ3n) is 4.22. The van der Waals surface area contributed by atoms with Crippen molar-refractivity contribution in [2.45, 2.75) is 52.1 Å². The molecule has 3 atom stereocenters. The molecule has 2 saturated heterocycles. The van der Waals surface area contributed by atoms with Gasteiger partial charge in [0.2, 0.25) is 5.91 Å². The molecule has 2 heterocycles. The Morgan fingerprint density at radius 3 is 2.47 bits per heavy atom. The molecule has 0 saturated carbocycles. The summed E-state index contributed by atoms with van der Waals surface area (Å²) in [6.07, 6.45) is 3.67. The molecule has 4 heteroatoms. The van der Waals surface area contributed by atoms with Gasteiger partial charge in [0.15, 0.2) is 0 Å². The molecule has 0 aromatic rings. The average Bonchev–Trinajstić information content (AvgIpc) is 2.56. The monoisotopic (exact) mass is 260 g/mol. The number of likely N-dealkylation sites (tertiary alicyclic amines) is 1. The lowest BCUT2D eigenvalue weighted by atomic mass is 9.96. The van der Waals surface area contributed by atoms with Crippen LogP contribution in [0.25, 0.3) is 0 Å². The Balaban J connectivity index is 0.00000144. The van der Waals surface area contributed by atoms with Crippen LogP contribution < -0.4 is 5.32 Å². The number of hydrogen-bond donors (Lipinski definition) is 1. The summed E-state index contributed by atoms with van der Waals surface area (Å²) in [7, 11) is 0. The van der Waals surface area contributed by atoms with E-state index in [0.717, 1.165) is 19.5 Å². The number of carbonyl (C=O) groups excluding carboxylic acids is 1. The van der Waals surface area contributed by atoms with Gasteiger partial charge in [0.25, 0.3) is 0 Å². The Labute approximate surface area is 111 Å². The number of fused-ring (bicyclic) bond motifs is 2. The van der Waals surface area contributed by atoms with E-state index in [2.05, 4.69) is 31.0 Å². The van der Waals surface area contributed by atoms with E-state index in [1.165, 1.54) is 12.8 Å². The van der Waals surface area contributed by atoms with Crippen molar-refractivity contribution in [3.63, 3.8) is 0 Å². The average molecular weight is 261 g/mol. The first kappa shape index (κ1) is 14.8. The molecule has 17 heavy (non-hydrogen) atoms. The third-order valence-corrected chi connectivity index (χ3v) is 4.22. The summed E-state index contributed by atoms with van der Waals surface area (Å²) in [5.41, 5.74) is 0. The smallest absolute Gasteiger partial charge is 0.225 e. The Hall–Kier alpha value is -0.280. The maximum absolute atomic E-state index is 12.3. The van der Waals surface area contributed by atoms with Crippen LogP contribution in [0.15, 0.2) is 0 Å². The molecule has 2 bridgehead atoms. The Morgan fingerprint density at radius 2 is 1.82 bits per heavy atom. The van der Waals surface area contributed by atoms with E-state index in [-0.39, 0.29) is 18.3 Å². The van der Waals surface area contributed by atoms with Gasteiger partial charge in [0.05, 0.1) is 0 Å². The number of nitrogens with one attached hydrogen (secondary N) is 1. The van der Waals surface area contributed by atoms with E-state index < -0.39 is 0 Å². The zero-order chi connectivity index (χ0) is 11.7. The second kappa shape index (κ2) is 6.05. The van der Waals surface area contributed by atoms with E-state index in [1.54, 1.807) is 0 Å². The SMILES string of the molecule is CC(C)C(C)C(=O)N1CCC2CCC(C1)N2.Cl. The fraction of sp³-hybridized carbons (Fsp3) is 0.923. The molecule has 0 radical (unpaired) electrons. The van der Waals surface area contributed by atoms with Gasteiger partial charge in [0, 0.05) is 31.1 Å². The second-order valence-corrected chi connectivity index (χ2v) is 5.74. The van der Waals surface area contributed by atoms with Gasteiger partial charge in [-0.2, -0.15) is 0 Å². The molecular formula is C13H25ClN2O. The quantitative estimate of drug-likeness (QED) is 0.824. The summed E-state index contributed by atoms with van der Waals surface area (Å²) in [5, 5.41) is 3.61. The van der Waals surface area contributed by atoms with E-state index in [4.69, 9.17) is 0 Å². The van der Waals surface area contributed by atoms with Crippen LogP contribution in [0.2, 0.25) is 0 Å². The lowest BCUT2D eigenvalue weighted by Gasteiger charge is -2.28. The fourth-order valence-corrected chi connectivity index (χ4v) is 2.72. The summed E-state index contributed by atoms with van der Waals surface area (Å²) in [4.78, 5) is 14.4. The third kappa shape index (κ3) is 3.35. The minimum Gasteiger partial charge on any atom is -0.341 e. The van der Waals surface area contributed by atoms with E-state index in [1.807, 2.05) is 0 Å². The maximum Gasteiger partial charge on any atom is 0.225 e. The molecule has 2 fully saturated rings. The molecule has 3 unspecified atom stereocenters. The largest absolute Gasteiger partial charge is 0.341 e. The number of amides is 1. The molecule has 1 N–H and O–H groups in total. The summed E-state index contributed by atoms with van der Waals surface area (Å²) in [6.45, 7) is 8.19. The molecule has 0 aliphatic carbocycles. The zero-order valence-electron chi connectivity index (χ0n) is 11.1. The molecule has 0 aromatic heterocycles. The first-order valence-corrected chi connectivity index (χ1v) is 6.62. The Bertz CT molecular complexity index is 270. The number of nitrogens with zero attached hydrogens (tertiary/aromatic N) is 1. The van der Waals surface area contributed by atoms with Crippen LogP contribution in [0.5, 0.6) is 0 Å². The molecule has 2 rings (SSSR count). The number of hydrogen-bond acceptors (Lipinski definition) is 2. The van der Waals surface area contributed by atoms with Gasteiger partial charge in [-0.25, -0.2) is 0 Å². The van der Waals surface area contributed by atoms with Crippen LogP contribution >= 0.6 is 12.4 Å². The Morgan fingerprint density at radius 1 is 1.18 bits per heavy atom. The van der Waals surface area contributed by atoms with E-state index in [9.17, 15) is 4.79 Å². The highest BCUT2D eigenvalue weighted by Gasteiger charge is 2.32. The van der Waals surface area contributed by atoms with Gasteiger partial charge < -0.3 is 10.2 Å². The lowest BCUT2D eigenvalue weighted by molar-refractivity contribution is -0.136. The van der Waals surface area contributed by atoms with Crippen molar-refractivity contribution in [1.29, 1.82) is 0 Å². The van der Waals surface area contributed by atoms with Crippen molar-refractivity contribution < 1.29 is 4.79 Å². The minimum absolute atomic E-state index is 0. The van der Waals surface area contributed by atoms with Crippen LogP contribution in [0.1, 0.15) is 40.0 Å².